The third-order valence-electron chi connectivity index (χ3n) is 5.63. The lowest BCUT2D eigenvalue weighted by Crippen LogP contribution is -2.36. The van der Waals surface area contributed by atoms with Gasteiger partial charge in [-0.1, -0.05) is 36.2 Å². The van der Waals surface area contributed by atoms with Crippen molar-refractivity contribution < 1.29 is 5.11 Å². The molecule has 0 aliphatic heterocycles. The zero-order valence-electron chi connectivity index (χ0n) is 16.0. The van der Waals surface area contributed by atoms with Gasteiger partial charge in [0.1, 0.15) is 0 Å². The van der Waals surface area contributed by atoms with E-state index in [1.165, 1.54) is 5.56 Å². The number of nitrogens with zero attached hydrogens (tertiary/aromatic N) is 3. The van der Waals surface area contributed by atoms with E-state index in [1.807, 2.05) is 24.5 Å². The number of fused-ring (bicyclic) bond motifs is 2. The van der Waals surface area contributed by atoms with Crippen LogP contribution < -0.4 is 5.32 Å². The molecule has 0 bridgehead atoms. The molecule has 0 saturated heterocycles. The van der Waals surface area contributed by atoms with Crippen LogP contribution in [0.5, 0.6) is 0 Å². The van der Waals surface area contributed by atoms with Gasteiger partial charge in [0, 0.05) is 12.1 Å². The quantitative estimate of drug-likeness (QED) is 0.497. The van der Waals surface area contributed by atoms with E-state index in [0.717, 1.165) is 64.2 Å². The molecule has 5 rings (SSSR count). The minimum absolute atomic E-state index is 0.106. The number of hydrogen-bond donors (Lipinski definition) is 2. The number of thiazole rings is 1. The zero-order valence-corrected chi connectivity index (χ0v) is 16.8. The maximum absolute atomic E-state index is 10.2. The number of hydrogen-bond acceptors (Lipinski definition) is 5. The van der Waals surface area contributed by atoms with Crippen molar-refractivity contribution in [1.82, 2.24) is 14.5 Å². The Kier molecular flexibility index (Phi) is 4.70. The molecule has 146 valence electrons. The van der Waals surface area contributed by atoms with Crippen LogP contribution in [0.4, 0.5) is 5.13 Å². The Bertz CT molecular complexity index is 1220. The van der Waals surface area contributed by atoms with Crippen molar-refractivity contribution >= 4 is 37.7 Å². The molecule has 29 heavy (non-hydrogen) atoms. The highest BCUT2D eigenvalue weighted by molar-refractivity contribution is 7.22. The molecule has 0 radical (unpaired) electrons. The smallest absolute Gasteiger partial charge is 0.184 e. The largest absolute Gasteiger partial charge is 0.391 e. The first-order valence-electron chi connectivity index (χ1n) is 9.95. The molecule has 2 N–H and O–H groups in total. The zero-order chi connectivity index (χ0) is 19.8. The van der Waals surface area contributed by atoms with Crippen LogP contribution in [-0.2, 0) is 6.54 Å². The summed E-state index contributed by atoms with van der Waals surface area (Å²) in [6, 6.07) is 12.4. The first-order valence-corrected chi connectivity index (χ1v) is 10.8. The Labute approximate surface area is 173 Å². The topological polar surface area (TPSA) is 63.0 Å². The summed E-state index contributed by atoms with van der Waals surface area (Å²) in [5.74, 6) is 2.66. The number of nitrogens with one attached hydrogen (secondary N) is 1. The average Bonchev–Trinajstić information content (AvgIpc) is 3.32. The fourth-order valence-electron chi connectivity index (χ4n) is 4.04. The van der Waals surface area contributed by atoms with E-state index in [9.17, 15) is 5.11 Å². The molecule has 2 atom stereocenters. The van der Waals surface area contributed by atoms with Crippen molar-refractivity contribution in [1.29, 1.82) is 0 Å². The molecule has 6 heteroatoms. The number of aliphatic hydroxyl groups is 1. The van der Waals surface area contributed by atoms with Crippen LogP contribution in [0.15, 0.2) is 42.7 Å². The summed E-state index contributed by atoms with van der Waals surface area (Å²) in [4.78, 5) is 9.19. The second-order valence-corrected chi connectivity index (χ2v) is 8.67. The summed E-state index contributed by atoms with van der Waals surface area (Å²) >= 11 is 1.65. The third-order valence-corrected chi connectivity index (χ3v) is 6.58. The minimum atomic E-state index is -0.282. The average molecular weight is 403 g/mol. The Hall–Kier alpha value is -2.88. The van der Waals surface area contributed by atoms with Crippen LogP contribution in [0.1, 0.15) is 36.8 Å². The van der Waals surface area contributed by atoms with Gasteiger partial charge in [0.05, 0.1) is 39.7 Å². The maximum atomic E-state index is 10.2. The second-order valence-electron chi connectivity index (χ2n) is 7.64. The SMILES string of the molecule is C#Cc1ccc2c(c1)ncn2Cc1ccc2nc(NC3CCCCC3O)sc2c1. The molecule has 1 saturated carbocycles. The second kappa shape index (κ2) is 7.51. The van der Waals surface area contributed by atoms with Gasteiger partial charge in [0.2, 0.25) is 0 Å². The normalized spacial score (nSPS) is 19.4. The summed E-state index contributed by atoms with van der Waals surface area (Å²) < 4.78 is 3.28. The molecule has 5 nitrogen and oxygen atoms in total. The van der Waals surface area contributed by atoms with E-state index in [2.05, 4.69) is 39.0 Å². The highest BCUT2D eigenvalue weighted by atomic mass is 32.1. The summed E-state index contributed by atoms with van der Waals surface area (Å²) in [6.45, 7) is 0.740. The molecule has 2 unspecified atom stereocenters. The van der Waals surface area contributed by atoms with Crippen molar-refractivity contribution in [2.24, 2.45) is 0 Å². The van der Waals surface area contributed by atoms with Crippen molar-refractivity contribution in [3.05, 3.63) is 53.9 Å². The first-order chi connectivity index (χ1) is 14.2. The highest BCUT2D eigenvalue weighted by Crippen LogP contribution is 2.30. The van der Waals surface area contributed by atoms with Gasteiger partial charge in [0.25, 0.3) is 0 Å². The van der Waals surface area contributed by atoms with Crippen LogP contribution in [-0.4, -0.2) is 31.8 Å². The number of anilines is 1. The molecule has 2 aromatic carbocycles. The Morgan fingerprint density at radius 3 is 2.93 bits per heavy atom. The molecule has 1 aliphatic rings. The van der Waals surface area contributed by atoms with E-state index in [1.54, 1.807) is 11.3 Å². The monoisotopic (exact) mass is 402 g/mol. The molecular formula is C23H22N4OS. The Balaban J connectivity index is 1.38. The van der Waals surface area contributed by atoms with E-state index in [4.69, 9.17) is 11.4 Å². The number of aliphatic hydroxyl groups excluding tert-OH is 1. The molecule has 2 aromatic heterocycles. The van der Waals surface area contributed by atoms with Crippen LogP contribution in [0.25, 0.3) is 21.3 Å². The number of terminal acetylenes is 1. The number of rotatable bonds is 4. The molecule has 1 fully saturated rings. The fraction of sp³-hybridized carbons (Fsp3) is 0.304. The lowest BCUT2D eigenvalue weighted by atomic mass is 9.93. The van der Waals surface area contributed by atoms with Gasteiger partial charge in [-0.2, -0.15) is 0 Å². The Morgan fingerprint density at radius 1 is 1.17 bits per heavy atom. The van der Waals surface area contributed by atoms with Gasteiger partial charge in [-0.05, 0) is 48.7 Å². The van der Waals surface area contributed by atoms with Crippen LogP contribution in [0, 0.1) is 12.3 Å². The summed E-state index contributed by atoms with van der Waals surface area (Å²) in [5, 5.41) is 14.5. The molecule has 4 aromatic rings. The van der Waals surface area contributed by atoms with Gasteiger partial charge in [-0.15, -0.1) is 6.42 Å². The van der Waals surface area contributed by atoms with Crippen molar-refractivity contribution in [2.45, 2.75) is 44.4 Å². The van der Waals surface area contributed by atoms with E-state index in [-0.39, 0.29) is 12.1 Å². The molecule has 0 spiro atoms. The van der Waals surface area contributed by atoms with Gasteiger partial charge in [-0.25, -0.2) is 9.97 Å². The molecule has 2 heterocycles. The van der Waals surface area contributed by atoms with Crippen molar-refractivity contribution in [3.8, 4) is 12.3 Å². The third kappa shape index (κ3) is 3.59. The maximum Gasteiger partial charge on any atom is 0.184 e. The summed E-state index contributed by atoms with van der Waals surface area (Å²) in [7, 11) is 0. The van der Waals surface area contributed by atoms with Gasteiger partial charge < -0.3 is 15.0 Å². The number of benzene rings is 2. The standard InChI is InChI=1S/C23H22N4OS/c1-2-15-8-10-20-19(11-15)24-14-27(20)13-16-7-9-18-22(12-16)29-23(26-18)25-17-5-3-4-6-21(17)28/h1,7-12,14,17,21,28H,3-6,13H2,(H,25,26). The van der Waals surface area contributed by atoms with Crippen LogP contribution in [0.3, 0.4) is 0 Å². The van der Waals surface area contributed by atoms with Gasteiger partial charge in [0.15, 0.2) is 5.13 Å². The van der Waals surface area contributed by atoms with E-state index < -0.39 is 0 Å². The molecule has 0 amide bonds. The first kappa shape index (κ1) is 18.2. The predicted octanol–water partition coefficient (Wildman–Crippen LogP) is 4.39. The highest BCUT2D eigenvalue weighted by Gasteiger charge is 2.23. The van der Waals surface area contributed by atoms with Crippen molar-refractivity contribution in [3.63, 3.8) is 0 Å². The van der Waals surface area contributed by atoms with E-state index in [0.29, 0.717) is 0 Å². The molecule has 1 aliphatic carbocycles. The lowest BCUT2D eigenvalue weighted by Gasteiger charge is -2.27. The predicted molar refractivity (Wildman–Crippen MR) is 118 cm³/mol. The lowest BCUT2D eigenvalue weighted by molar-refractivity contribution is 0.116. The summed E-state index contributed by atoms with van der Waals surface area (Å²) in [5.41, 5.74) is 5.02. The summed E-state index contributed by atoms with van der Waals surface area (Å²) in [6.07, 6.45) is 11.2. The van der Waals surface area contributed by atoms with Crippen LogP contribution in [0.2, 0.25) is 0 Å². The minimum Gasteiger partial charge on any atom is -0.391 e. The van der Waals surface area contributed by atoms with Gasteiger partial charge >= 0.3 is 0 Å². The Morgan fingerprint density at radius 2 is 2.07 bits per heavy atom. The fourth-order valence-corrected chi connectivity index (χ4v) is 5.03. The van der Waals surface area contributed by atoms with Gasteiger partial charge in [-0.3, -0.25) is 0 Å². The van der Waals surface area contributed by atoms with Crippen molar-refractivity contribution in [2.75, 3.05) is 5.32 Å². The van der Waals surface area contributed by atoms with Crippen LogP contribution >= 0.6 is 11.3 Å². The molecular weight excluding hydrogens is 380 g/mol. The van der Waals surface area contributed by atoms with E-state index >= 15 is 0 Å². The number of imidazole rings is 1. The number of aromatic nitrogens is 3.